The van der Waals surface area contributed by atoms with E-state index in [1.807, 2.05) is 5.32 Å². The number of hydrogen-bond donors (Lipinski definition) is 2. The Morgan fingerprint density at radius 1 is 1.55 bits per heavy atom. The van der Waals surface area contributed by atoms with E-state index in [-0.39, 0.29) is 47.8 Å². The molecule has 14 heteroatoms. The number of nitrogens with one attached hydrogen (secondary N) is 1. The summed E-state index contributed by atoms with van der Waals surface area (Å²) >= 11 is 0.935. The molecule has 11 nitrogen and oxygen atoms in total. The first kappa shape index (κ1) is 17.4. The van der Waals surface area contributed by atoms with Crippen LogP contribution < -0.4 is 40.0 Å². The minimum atomic E-state index is -4.85. The molecule has 3 heterocycles. The molecule has 0 radical (unpaired) electrons. The van der Waals surface area contributed by atoms with Gasteiger partial charge < -0.3 is 20.1 Å². The van der Waals surface area contributed by atoms with Crippen LogP contribution in [0, 0.1) is 0 Å². The number of rotatable bonds is 3. The number of carbonyl (C=O) groups is 2. The molecule has 3 rings (SSSR count). The Kier molecular flexibility index (Phi) is 4.68. The molecular formula is C8H7N4NaO7S2. The zero-order valence-corrected chi connectivity index (χ0v) is 14.7. The second-order valence-corrected chi connectivity index (χ2v) is 6.28. The van der Waals surface area contributed by atoms with Crippen molar-refractivity contribution in [2.45, 2.75) is 12.6 Å². The Morgan fingerprint density at radius 2 is 2.23 bits per heavy atom. The number of hydroxylamine groups is 2. The molecule has 1 fully saturated rings. The van der Waals surface area contributed by atoms with E-state index < -0.39 is 28.6 Å². The minimum absolute atomic E-state index is 0. The van der Waals surface area contributed by atoms with E-state index in [2.05, 4.69) is 9.27 Å². The van der Waals surface area contributed by atoms with Crippen molar-refractivity contribution in [3.05, 3.63) is 10.6 Å². The van der Waals surface area contributed by atoms with Crippen LogP contribution in [0.1, 0.15) is 16.6 Å². The van der Waals surface area contributed by atoms with Crippen LogP contribution in [-0.2, 0) is 21.2 Å². The number of carbonyl (C=O) groups excluding carboxylic acids is 2. The van der Waals surface area contributed by atoms with E-state index in [0.717, 1.165) is 11.3 Å². The fourth-order valence-corrected chi connectivity index (χ4v) is 3.60. The molecule has 3 amide bonds. The van der Waals surface area contributed by atoms with E-state index in [0.29, 0.717) is 15.6 Å². The van der Waals surface area contributed by atoms with Gasteiger partial charge in [-0.1, -0.05) is 11.3 Å². The molecule has 0 saturated carbocycles. The summed E-state index contributed by atoms with van der Waals surface area (Å²) in [4.78, 5) is 28.1. The predicted octanol–water partition coefficient (Wildman–Crippen LogP) is -4.07. The van der Waals surface area contributed by atoms with Crippen molar-refractivity contribution in [1.29, 1.82) is 0 Å². The molecule has 0 spiro atoms. The van der Waals surface area contributed by atoms with Crippen LogP contribution in [-0.4, -0.2) is 46.6 Å². The number of urea groups is 1. The predicted molar refractivity (Wildman–Crippen MR) is 64.2 cm³/mol. The number of aromatic nitrogens is 1. The first-order chi connectivity index (χ1) is 9.74. The smallest absolute Gasteiger partial charge is 0.530 e. The molecule has 114 valence electrons. The molecule has 0 aromatic carbocycles. The molecule has 2 aliphatic heterocycles. The molecule has 1 atom stereocenters. The van der Waals surface area contributed by atoms with Gasteiger partial charge in [-0.15, -0.1) is 4.28 Å². The van der Waals surface area contributed by atoms with Gasteiger partial charge in [-0.2, -0.15) is 13.5 Å². The summed E-state index contributed by atoms with van der Waals surface area (Å²) in [6.07, 6.45) is -1.53. The van der Waals surface area contributed by atoms with E-state index >= 15 is 0 Å². The maximum atomic E-state index is 11.9. The van der Waals surface area contributed by atoms with E-state index in [1.165, 1.54) is 4.90 Å². The molecule has 1 aromatic rings. The Labute approximate surface area is 150 Å². The number of amides is 3. The van der Waals surface area contributed by atoms with Crippen LogP contribution in [0.5, 0.6) is 0 Å². The molecule has 2 bridgehead atoms. The summed E-state index contributed by atoms with van der Waals surface area (Å²) in [5.41, 5.74) is 0.426. The van der Waals surface area contributed by atoms with Gasteiger partial charge in [0.2, 0.25) is 0 Å². The van der Waals surface area contributed by atoms with Crippen molar-refractivity contribution in [3.63, 3.8) is 0 Å². The van der Waals surface area contributed by atoms with Gasteiger partial charge in [-0.05, 0) is 0 Å². The summed E-state index contributed by atoms with van der Waals surface area (Å²) in [6, 6.07) is -1.52. The minimum Gasteiger partial charge on any atom is -0.530 e. The normalized spacial score (nSPS) is 19.7. The van der Waals surface area contributed by atoms with Crippen molar-refractivity contribution >= 4 is 39.0 Å². The quantitative estimate of drug-likeness (QED) is 0.409. The molecule has 2 aliphatic rings. The van der Waals surface area contributed by atoms with Gasteiger partial charge in [0.15, 0.2) is 5.13 Å². The van der Waals surface area contributed by atoms with Crippen LogP contribution in [0.15, 0.2) is 0 Å². The molecule has 0 aliphatic carbocycles. The largest absolute Gasteiger partial charge is 1.00 e. The topological polar surface area (TPSA) is 152 Å². The van der Waals surface area contributed by atoms with Gasteiger partial charge in [0, 0.05) is 0 Å². The van der Waals surface area contributed by atoms with Crippen LogP contribution >= 0.6 is 11.3 Å². The van der Waals surface area contributed by atoms with E-state index in [4.69, 9.17) is 4.55 Å². The molecule has 1 saturated heterocycles. The van der Waals surface area contributed by atoms with E-state index in [9.17, 15) is 23.1 Å². The fraction of sp³-hybridized carbons (Fsp3) is 0.375. The zero-order valence-electron chi connectivity index (χ0n) is 11.0. The van der Waals surface area contributed by atoms with Gasteiger partial charge in [0.05, 0.1) is 23.7 Å². The third kappa shape index (κ3) is 3.19. The van der Waals surface area contributed by atoms with Gasteiger partial charge in [-0.25, -0.2) is 9.78 Å². The van der Waals surface area contributed by atoms with Crippen molar-refractivity contribution in [2.75, 3.05) is 11.9 Å². The Hall–Kier alpha value is -0.960. The molecule has 22 heavy (non-hydrogen) atoms. The number of anilines is 1. The molecule has 1 aromatic heterocycles. The zero-order chi connectivity index (χ0) is 15.4. The number of fused-ring (bicyclic) bond motifs is 4. The van der Waals surface area contributed by atoms with Gasteiger partial charge in [-0.3, -0.25) is 4.55 Å². The van der Waals surface area contributed by atoms with Crippen LogP contribution in [0.2, 0.25) is 0 Å². The maximum Gasteiger partial charge on any atom is 1.00 e. The number of nitrogens with zero attached hydrogens (tertiary/aromatic N) is 3. The molecular weight excluding hydrogens is 351 g/mol. The molecule has 1 unspecified atom stereocenters. The Morgan fingerprint density at radius 3 is 2.82 bits per heavy atom. The van der Waals surface area contributed by atoms with Crippen molar-refractivity contribution in [1.82, 2.24) is 14.9 Å². The summed E-state index contributed by atoms with van der Waals surface area (Å²) in [7, 11) is -4.85. The fourth-order valence-electron chi connectivity index (χ4n) is 2.20. The standard InChI is InChI=1S/C8H8N4O7S2.Na/c13-7(14)10-6-9-3-1-11-2-4(5(3)20-6)12(8(11)15)19-21(16,17)18;/h4H,1-2H2,(H,9,10)(H,13,14)(H,16,17,18);/q;+1/p-1. The van der Waals surface area contributed by atoms with Gasteiger partial charge >= 0.3 is 46.0 Å². The van der Waals surface area contributed by atoms with E-state index in [1.54, 1.807) is 0 Å². The van der Waals surface area contributed by atoms with Crippen LogP contribution in [0.3, 0.4) is 0 Å². The average Bonchev–Trinajstić information content (AvgIpc) is 2.83. The van der Waals surface area contributed by atoms with Gasteiger partial charge in [0.1, 0.15) is 12.1 Å². The Bertz CT molecular complexity index is 735. The third-order valence-corrected chi connectivity index (χ3v) is 4.35. The second kappa shape index (κ2) is 5.92. The third-order valence-electron chi connectivity index (χ3n) is 2.89. The molecule has 2 N–H and O–H groups in total. The Balaban J connectivity index is 0.00000176. The van der Waals surface area contributed by atoms with Crippen molar-refractivity contribution in [3.8, 4) is 0 Å². The summed E-state index contributed by atoms with van der Waals surface area (Å²) in [5, 5.41) is 13.0. The average molecular weight is 358 g/mol. The second-order valence-electron chi connectivity index (χ2n) is 4.25. The number of thiazole rings is 1. The first-order valence-electron chi connectivity index (χ1n) is 5.47. The van der Waals surface area contributed by atoms with Crippen molar-refractivity contribution < 1.29 is 61.5 Å². The summed E-state index contributed by atoms with van der Waals surface area (Å²) in [5.74, 6) is 0. The maximum absolute atomic E-state index is 11.9. The van der Waals surface area contributed by atoms with Gasteiger partial charge in [0.25, 0.3) is 0 Å². The van der Waals surface area contributed by atoms with Crippen molar-refractivity contribution in [2.24, 2.45) is 0 Å². The first-order valence-corrected chi connectivity index (χ1v) is 7.65. The number of hydrogen-bond acceptors (Lipinski definition) is 8. The number of carboxylic acid groups (broad SMARTS) is 1. The van der Waals surface area contributed by atoms with Crippen LogP contribution in [0.4, 0.5) is 14.7 Å². The SMILES string of the molecule is O=C([O-])Nc1nc2c(s1)C1CN(C2)C(=O)N1OS(=O)(=O)O.[Na+]. The van der Waals surface area contributed by atoms with Crippen LogP contribution in [0.25, 0.3) is 0 Å². The monoisotopic (exact) mass is 358 g/mol. The summed E-state index contributed by atoms with van der Waals surface area (Å²) in [6.45, 7) is 0.232. The summed E-state index contributed by atoms with van der Waals surface area (Å²) < 4.78 is 34.6.